The number of hydrogen-bond acceptors (Lipinski definition) is 4. The van der Waals surface area contributed by atoms with Gasteiger partial charge >= 0.3 is 6.03 Å². The monoisotopic (exact) mass is 424 g/mol. The zero-order valence-electron chi connectivity index (χ0n) is 13.5. The van der Waals surface area contributed by atoms with Crippen molar-refractivity contribution in [3.63, 3.8) is 0 Å². The molecule has 2 N–H and O–H groups in total. The van der Waals surface area contributed by atoms with Crippen molar-refractivity contribution in [2.45, 2.75) is 6.61 Å². The van der Waals surface area contributed by atoms with Gasteiger partial charge in [-0.1, -0.05) is 46.9 Å². The van der Waals surface area contributed by atoms with Gasteiger partial charge in [-0.3, -0.25) is 20.2 Å². The second-order valence-corrected chi connectivity index (χ2v) is 6.80. The summed E-state index contributed by atoms with van der Waals surface area (Å²) in [4.78, 5) is 35.0. The van der Waals surface area contributed by atoms with Gasteiger partial charge in [-0.05, 0) is 35.9 Å². The fourth-order valence-corrected chi connectivity index (χ4v) is 3.16. The maximum atomic E-state index is 11.9. The first-order valence-electron chi connectivity index (χ1n) is 7.58. The maximum absolute atomic E-state index is 11.9. The van der Waals surface area contributed by atoms with E-state index in [0.717, 1.165) is 5.56 Å². The average molecular weight is 426 g/mol. The third-order valence-electron chi connectivity index (χ3n) is 3.55. The van der Waals surface area contributed by atoms with Crippen LogP contribution < -0.4 is 15.4 Å². The van der Waals surface area contributed by atoms with E-state index >= 15 is 0 Å². The molecule has 1 aliphatic rings. The van der Waals surface area contributed by atoms with Crippen molar-refractivity contribution in [2.75, 3.05) is 0 Å². The molecule has 1 heterocycles. The van der Waals surface area contributed by atoms with Crippen LogP contribution in [0.2, 0.25) is 15.1 Å². The molecule has 0 unspecified atom stereocenters. The summed E-state index contributed by atoms with van der Waals surface area (Å²) in [6.07, 6.45) is 1.25. The van der Waals surface area contributed by atoms with Crippen molar-refractivity contribution in [2.24, 2.45) is 0 Å². The van der Waals surface area contributed by atoms with Gasteiger partial charge in [0.05, 0.1) is 5.02 Å². The summed E-state index contributed by atoms with van der Waals surface area (Å²) >= 11 is 18.2. The van der Waals surface area contributed by atoms with E-state index in [9.17, 15) is 14.4 Å². The summed E-state index contributed by atoms with van der Waals surface area (Å²) in [6, 6.07) is 9.15. The molecule has 27 heavy (non-hydrogen) atoms. The van der Waals surface area contributed by atoms with Crippen molar-refractivity contribution >= 4 is 58.7 Å². The third-order valence-corrected chi connectivity index (χ3v) is 4.29. The van der Waals surface area contributed by atoms with E-state index in [0.29, 0.717) is 10.6 Å². The second kappa shape index (κ2) is 8.00. The first-order chi connectivity index (χ1) is 12.8. The van der Waals surface area contributed by atoms with E-state index in [1.807, 2.05) is 16.7 Å². The molecule has 3 rings (SSSR count). The number of rotatable bonds is 4. The summed E-state index contributed by atoms with van der Waals surface area (Å²) in [5, 5.41) is 5.03. The van der Waals surface area contributed by atoms with Gasteiger partial charge in [-0.15, -0.1) is 0 Å². The Bertz CT molecular complexity index is 967. The van der Waals surface area contributed by atoms with Crippen LogP contribution in [0.15, 0.2) is 42.0 Å². The van der Waals surface area contributed by atoms with Crippen molar-refractivity contribution in [1.29, 1.82) is 0 Å². The fourth-order valence-electron chi connectivity index (χ4n) is 2.38. The lowest BCUT2D eigenvalue weighted by molar-refractivity contribution is -0.123. The molecule has 1 aliphatic heterocycles. The highest BCUT2D eigenvalue weighted by Crippen LogP contribution is 2.34. The molecule has 0 saturated carbocycles. The number of barbiturate groups is 1. The molecule has 9 heteroatoms. The molecule has 1 saturated heterocycles. The number of carbonyl (C=O) groups excluding carboxylic acids is 3. The Morgan fingerprint density at radius 2 is 1.63 bits per heavy atom. The number of hydrogen-bond donors (Lipinski definition) is 2. The fraction of sp³-hybridized carbons (Fsp3) is 0.0556. The van der Waals surface area contributed by atoms with E-state index in [4.69, 9.17) is 39.5 Å². The van der Waals surface area contributed by atoms with Crippen LogP contribution >= 0.6 is 34.8 Å². The van der Waals surface area contributed by atoms with Crippen LogP contribution in [0.5, 0.6) is 5.75 Å². The summed E-state index contributed by atoms with van der Waals surface area (Å²) in [5.74, 6) is -1.44. The molecule has 0 radical (unpaired) electrons. The summed E-state index contributed by atoms with van der Waals surface area (Å²) < 4.78 is 5.77. The minimum Gasteiger partial charge on any atom is -0.487 e. The van der Waals surface area contributed by atoms with Gasteiger partial charge in [0.1, 0.15) is 17.9 Å². The van der Waals surface area contributed by atoms with Crippen LogP contribution in [0.3, 0.4) is 0 Å². The minimum absolute atomic E-state index is 0.148. The first-order valence-corrected chi connectivity index (χ1v) is 8.71. The van der Waals surface area contributed by atoms with Crippen molar-refractivity contribution in [1.82, 2.24) is 10.6 Å². The van der Waals surface area contributed by atoms with Gasteiger partial charge in [0, 0.05) is 15.6 Å². The number of carbonyl (C=O) groups is 3. The molecule has 2 aromatic carbocycles. The normalized spacial score (nSPS) is 13.9. The molecular weight excluding hydrogens is 415 g/mol. The smallest absolute Gasteiger partial charge is 0.328 e. The third kappa shape index (κ3) is 4.60. The SMILES string of the molecule is O=C1NC(=O)C(=Cc2cc(Cl)cc(Cl)c2OCc2cccc(Cl)c2)C(=O)N1. The standard InChI is InChI=1S/C18H11Cl3N2O4/c19-11-3-1-2-9(4-11)8-27-15-10(5-12(20)7-14(15)21)6-13-16(24)22-18(26)23-17(13)25/h1-7H,8H2,(H2,22,23,24,25,26). The molecule has 1 fully saturated rings. The molecule has 0 aliphatic carbocycles. The van der Waals surface area contributed by atoms with Crippen LogP contribution in [-0.4, -0.2) is 17.8 Å². The predicted molar refractivity (Wildman–Crippen MR) is 102 cm³/mol. The Balaban J connectivity index is 1.95. The lowest BCUT2D eigenvalue weighted by Gasteiger charge is -2.16. The topological polar surface area (TPSA) is 84.5 Å². The van der Waals surface area contributed by atoms with E-state index in [1.54, 1.807) is 18.2 Å². The number of imide groups is 2. The van der Waals surface area contributed by atoms with Gasteiger partial charge < -0.3 is 4.74 Å². The Morgan fingerprint density at radius 1 is 0.926 bits per heavy atom. The number of urea groups is 1. The van der Waals surface area contributed by atoms with Gasteiger partial charge in [-0.2, -0.15) is 0 Å². The Kier molecular flexibility index (Phi) is 5.70. The lowest BCUT2D eigenvalue weighted by Crippen LogP contribution is -2.51. The number of halogens is 3. The van der Waals surface area contributed by atoms with Crippen LogP contribution in [0.1, 0.15) is 11.1 Å². The van der Waals surface area contributed by atoms with E-state index < -0.39 is 17.8 Å². The first kappa shape index (κ1) is 19.2. The minimum atomic E-state index is -0.885. The molecule has 0 aromatic heterocycles. The predicted octanol–water partition coefficient (Wildman–Crippen LogP) is 3.98. The van der Waals surface area contributed by atoms with Crippen LogP contribution in [0.25, 0.3) is 6.08 Å². The highest BCUT2D eigenvalue weighted by molar-refractivity contribution is 6.36. The number of benzene rings is 2. The van der Waals surface area contributed by atoms with Crippen LogP contribution in [-0.2, 0) is 16.2 Å². The van der Waals surface area contributed by atoms with Crippen LogP contribution in [0, 0.1) is 0 Å². The van der Waals surface area contributed by atoms with Crippen molar-refractivity contribution < 1.29 is 19.1 Å². The molecule has 0 atom stereocenters. The summed E-state index contributed by atoms with van der Waals surface area (Å²) in [7, 11) is 0. The molecular formula is C18H11Cl3N2O4. The molecule has 0 spiro atoms. The summed E-state index contributed by atoms with van der Waals surface area (Å²) in [5.41, 5.74) is 0.829. The van der Waals surface area contributed by atoms with Crippen LogP contribution in [0.4, 0.5) is 4.79 Å². The largest absolute Gasteiger partial charge is 0.487 e. The Hall–Kier alpha value is -2.54. The molecule has 0 bridgehead atoms. The van der Waals surface area contributed by atoms with E-state index in [1.165, 1.54) is 18.2 Å². The van der Waals surface area contributed by atoms with E-state index in [-0.39, 0.29) is 28.0 Å². The summed E-state index contributed by atoms with van der Waals surface area (Å²) in [6.45, 7) is 0.148. The van der Waals surface area contributed by atoms with E-state index in [2.05, 4.69) is 0 Å². The van der Waals surface area contributed by atoms with Crippen molar-refractivity contribution in [3.05, 3.63) is 68.2 Å². The Morgan fingerprint density at radius 3 is 2.30 bits per heavy atom. The number of nitrogens with one attached hydrogen (secondary N) is 2. The molecule has 4 amide bonds. The highest BCUT2D eigenvalue weighted by Gasteiger charge is 2.28. The van der Waals surface area contributed by atoms with Gasteiger partial charge in [0.25, 0.3) is 11.8 Å². The van der Waals surface area contributed by atoms with Gasteiger partial charge in [-0.25, -0.2) is 4.79 Å². The van der Waals surface area contributed by atoms with Crippen molar-refractivity contribution in [3.8, 4) is 5.75 Å². The Labute approximate surface area is 169 Å². The maximum Gasteiger partial charge on any atom is 0.328 e. The lowest BCUT2D eigenvalue weighted by atomic mass is 10.1. The molecule has 2 aromatic rings. The molecule has 6 nitrogen and oxygen atoms in total. The quantitative estimate of drug-likeness (QED) is 0.573. The van der Waals surface area contributed by atoms with Gasteiger partial charge in [0.15, 0.2) is 0 Å². The number of amides is 4. The van der Waals surface area contributed by atoms with Gasteiger partial charge in [0.2, 0.25) is 0 Å². The number of ether oxygens (including phenoxy) is 1. The average Bonchev–Trinajstić information content (AvgIpc) is 2.57. The zero-order chi connectivity index (χ0) is 19.6. The second-order valence-electron chi connectivity index (χ2n) is 5.52. The highest BCUT2D eigenvalue weighted by atomic mass is 35.5. The zero-order valence-corrected chi connectivity index (χ0v) is 15.8. The molecule has 138 valence electrons.